The molecular weight excluding hydrogens is 288 g/mol. The molecule has 0 saturated heterocycles. The molecule has 0 aliphatic heterocycles. The number of hydrogen-bond acceptors (Lipinski definition) is 0. The van der Waals surface area contributed by atoms with Gasteiger partial charge in [0.2, 0.25) is 0 Å². The van der Waals surface area contributed by atoms with Crippen LogP contribution in [0.15, 0.2) is 70.8 Å². The van der Waals surface area contributed by atoms with Crippen molar-refractivity contribution < 1.29 is 0 Å². The molecule has 0 unspecified atom stereocenters. The van der Waals surface area contributed by atoms with Gasteiger partial charge in [-0.05, 0) is 63.8 Å². The summed E-state index contributed by atoms with van der Waals surface area (Å²) < 4.78 is 0. The largest absolute Gasteiger partial charge is 0.0620 e. The molecule has 0 bridgehead atoms. The van der Waals surface area contributed by atoms with Crippen LogP contribution in [0.2, 0.25) is 0 Å². The third-order valence-electron chi connectivity index (χ3n) is 5.81. The molecule has 0 fully saturated rings. The van der Waals surface area contributed by atoms with Crippen LogP contribution in [0.3, 0.4) is 0 Å². The Hall–Kier alpha value is -2.08. The van der Waals surface area contributed by atoms with Crippen molar-refractivity contribution >= 4 is 0 Å². The maximum atomic E-state index is 2.36. The predicted molar refractivity (Wildman–Crippen MR) is 104 cm³/mol. The fourth-order valence-electron chi connectivity index (χ4n) is 4.19. The Morgan fingerprint density at radius 3 is 1.42 bits per heavy atom. The van der Waals surface area contributed by atoms with E-state index < -0.39 is 0 Å². The van der Waals surface area contributed by atoms with Gasteiger partial charge in [0.05, 0.1) is 0 Å². The van der Waals surface area contributed by atoms with Crippen LogP contribution in [0.4, 0.5) is 0 Å². The molecule has 0 N–H and O–H groups in total. The van der Waals surface area contributed by atoms with E-state index in [1.807, 2.05) is 0 Å². The quantitative estimate of drug-likeness (QED) is 0.588. The molecule has 0 aromatic heterocycles. The first-order valence-corrected chi connectivity index (χ1v) is 8.88. The van der Waals surface area contributed by atoms with Crippen LogP contribution in [-0.4, -0.2) is 0 Å². The van der Waals surface area contributed by atoms with Gasteiger partial charge in [0, 0.05) is 11.8 Å². The lowest BCUT2D eigenvalue weighted by molar-refractivity contribution is 0.623. The van der Waals surface area contributed by atoms with Crippen LogP contribution < -0.4 is 0 Å². The van der Waals surface area contributed by atoms with E-state index in [0.717, 1.165) is 0 Å². The molecule has 0 spiro atoms. The maximum Gasteiger partial charge on any atom is 0.0193 e. The van der Waals surface area contributed by atoms with Gasteiger partial charge in [-0.2, -0.15) is 0 Å². The number of allylic oxidation sites excluding steroid dienone is 4. The first-order valence-electron chi connectivity index (χ1n) is 8.88. The molecule has 3 rings (SSSR count). The minimum absolute atomic E-state index is 0.386. The molecule has 24 heavy (non-hydrogen) atoms. The van der Waals surface area contributed by atoms with E-state index in [9.17, 15) is 0 Å². The van der Waals surface area contributed by atoms with Gasteiger partial charge in [-0.1, -0.05) is 70.8 Å². The van der Waals surface area contributed by atoms with E-state index in [1.54, 1.807) is 0 Å². The van der Waals surface area contributed by atoms with E-state index >= 15 is 0 Å². The third-order valence-corrected chi connectivity index (χ3v) is 5.81. The molecule has 0 atom stereocenters. The lowest BCUT2D eigenvalue weighted by atomic mass is 9.75. The lowest BCUT2D eigenvalue weighted by Crippen LogP contribution is -2.16. The second-order valence-electron chi connectivity index (χ2n) is 7.40. The van der Waals surface area contributed by atoms with E-state index in [4.69, 9.17) is 0 Å². The molecule has 0 heteroatoms. The zero-order valence-corrected chi connectivity index (χ0v) is 15.8. The van der Waals surface area contributed by atoms with Crippen molar-refractivity contribution in [3.63, 3.8) is 0 Å². The van der Waals surface area contributed by atoms with Crippen LogP contribution in [0.25, 0.3) is 0 Å². The fourth-order valence-corrected chi connectivity index (χ4v) is 4.19. The van der Waals surface area contributed by atoms with Gasteiger partial charge in [0.1, 0.15) is 0 Å². The van der Waals surface area contributed by atoms with Gasteiger partial charge in [0.25, 0.3) is 0 Å². The van der Waals surface area contributed by atoms with Crippen LogP contribution in [0.5, 0.6) is 0 Å². The highest BCUT2D eigenvalue weighted by Gasteiger charge is 2.33. The van der Waals surface area contributed by atoms with Crippen molar-refractivity contribution in [3.8, 4) is 0 Å². The summed E-state index contributed by atoms with van der Waals surface area (Å²) in [6, 6.07) is 18.1. The molecule has 124 valence electrons. The summed E-state index contributed by atoms with van der Waals surface area (Å²) in [5.74, 6) is 0.853. The summed E-state index contributed by atoms with van der Waals surface area (Å²) in [4.78, 5) is 0. The third kappa shape index (κ3) is 2.86. The Morgan fingerprint density at radius 1 is 0.625 bits per heavy atom. The van der Waals surface area contributed by atoms with E-state index in [-0.39, 0.29) is 0 Å². The Balaban J connectivity index is 2.21. The Morgan fingerprint density at radius 2 is 1.04 bits per heavy atom. The van der Waals surface area contributed by atoms with Crippen molar-refractivity contribution in [3.05, 3.63) is 93.1 Å². The summed E-state index contributed by atoms with van der Waals surface area (Å²) in [7, 11) is 0. The molecule has 2 aromatic carbocycles. The van der Waals surface area contributed by atoms with Crippen LogP contribution in [0, 0.1) is 19.8 Å². The summed E-state index contributed by atoms with van der Waals surface area (Å²) in [5.41, 5.74) is 11.5. The first-order chi connectivity index (χ1) is 11.4. The molecule has 0 radical (unpaired) electrons. The minimum atomic E-state index is 0.386. The van der Waals surface area contributed by atoms with Gasteiger partial charge >= 0.3 is 0 Å². The zero-order chi connectivity index (χ0) is 17.4. The Bertz CT molecular complexity index is 763. The second kappa shape index (κ2) is 6.43. The molecule has 0 heterocycles. The van der Waals surface area contributed by atoms with Gasteiger partial charge in [-0.15, -0.1) is 0 Å². The highest BCUT2D eigenvalue weighted by molar-refractivity contribution is 5.51. The number of benzene rings is 2. The number of rotatable bonds is 3. The van der Waals surface area contributed by atoms with Crippen molar-refractivity contribution in [2.45, 2.75) is 47.5 Å². The van der Waals surface area contributed by atoms with E-state index in [1.165, 1.54) is 44.5 Å². The van der Waals surface area contributed by atoms with Gasteiger partial charge in [-0.25, -0.2) is 0 Å². The Labute approximate surface area is 146 Å². The monoisotopic (exact) mass is 316 g/mol. The summed E-state index contributed by atoms with van der Waals surface area (Å²) >= 11 is 0. The minimum Gasteiger partial charge on any atom is -0.0620 e. The van der Waals surface area contributed by atoms with Crippen molar-refractivity contribution in [1.29, 1.82) is 0 Å². The normalized spacial score (nSPS) is 15.8. The van der Waals surface area contributed by atoms with E-state index in [2.05, 4.69) is 90.1 Å². The maximum absolute atomic E-state index is 2.36. The summed E-state index contributed by atoms with van der Waals surface area (Å²) in [5, 5.41) is 0. The Kier molecular flexibility index (Phi) is 4.49. The lowest BCUT2D eigenvalue weighted by Gasteiger charge is -2.28. The highest BCUT2D eigenvalue weighted by atomic mass is 14.4. The molecule has 0 nitrogen and oxygen atoms in total. The first kappa shape index (κ1) is 16.8. The zero-order valence-electron chi connectivity index (χ0n) is 15.8. The molecule has 1 aliphatic carbocycles. The average molecular weight is 316 g/mol. The number of hydrogen-bond donors (Lipinski definition) is 0. The topological polar surface area (TPSA) is 0 Å². The fraction of sp³-hybridized carbons (Fsp3) is 0.333. The number of aryl methyl sites for hydroxylation is 2. The van der Waals surface area contributed by atoms with Crippen molar-refractivity contribution in [2.24, 2.45) is 5.92 Å². The van der Waals surface area contributed by atoms with E-state index in [0.29, 0.717) is 11.8 Å². The van der Waals surface area contributed by atoms with Gasteiger partial charge < -0.3 is 0 Å². The van der Waals surface area contributed by atoms with Gasteiger partial charge in [0.15, 0.2) is 0 Å². The molecule has 0 amide bonds. The molecular formula is C24H28. The van der Waals surface area contributed by atoms with Crippen LogP contribution >= 0.6 is 0 Å². The summed E-state index contributed by atoms with van der Waals surface area (Å²) in [6.07, 6.45) is 0. The van der Waals surface area contributed by atoms with Crippen molar-refractivity contribution in [2.75, 3.05) is 0 Å². The molecule has 2 aromatic rings. The standard InChI is InChI=1S/C24H28/c1-15-9-7-11-21(13-15)24(22-12-8-10-16(2)14-22)23-19(5)17(3)18(4)20(23)6/h7-14,23-24H,1-6H3. The second-order valence-corrected chi connectivity index (χ2v) is 7.40. The van der Waals surface area contributed by atoms with Crippen LogP contribution in [-0.2, 0) is 0 Å². The molecule has 1 aliphatic rings. The predicted octanol–water partition coefficient (Wildman–Crippen LogP) is 6.74. The van der Waals surface area contributed by atoms with Gasteiger partial charge in [-0.3, -0.25) is 0 Å². The SMILES string of the molecule is CC1=C(C)C(C(c2cccc(C)c2)c2cccc(C)c2)C(C)=C1C. The summed E-state index contributed by atoms with van der Waals surface area (Å²) in [6.45, 7) is 13.6. The van der Waals surface area contributed by atoms with Crippen molar-refractivity contribution in [1.82, 2.24) is 0 Å². The molecule has 0 saturated carbocycles. The highest BCUT2D eigenvalue weighted by Crippen LogP contribution is 2.47. The average Bonchev–Trinajstić information content (AvgIpc) is 2.73. The smallest absolute Gasteiger partial charge is 0.0193 e. The van der Waals surface area contributed by atoms with Crippen LogP contribution in [0.1, 0.15) is 55.9 Å².